The highest BCUT2D eigenvalue weighted by Crippen LogP contribution is 2.25. The lowest BCUT2D eigenvalue weighted by Crippen LogP contribution is -2.15. The van der Waals surface area contributed by atoms with Crippen LogP contribution in [-0.2, 0) is 11.2 Å². The summed E-state index contributed by atoms with van der Waals surface area (Å²) >= 11 is 1.25. The molecule has 1 amide bonds. The second kappa shape index (κ2) is 8.97. The van der Waals surface area contributed by atoms with Gasteiger partial charge in [-0.3, -0.25) is 9.78 Å². The maximum atomic E-state index is 12.4. The van der Waals surface area contributed by atoms with Crippen molar-refractivity contribution in [2.75, 3.05) is 11.1 Å². The van der Waals surface area contributed by atoms with E-state index < -0.39 is 0 Å². The molecule has 0 saturated carbocycles. The third-order valence-corrected chi connectivity index (χ3v) is 4.91. The molecule has 2 heterocycles. The number of carbonyl (C=O) groups is 1. The Kier molecular flexibility index (Phi) is 6.18. The molecule has 2 aromatic heterocycles. The van der Waals surface area contributed by atoms with Crippen LogP contribution in [0.4, 0.5) is 5.69 Å². The summed E-state index contributed by atoms with van der Waals surface area (Å²) in [6.07, 6.45) is 2.54. The lowest BCUT2D eigenvalue weighted by atomic mass is 10.1. The second-order valence-electron chi connectivity index (χ2n) is 5.72. The number of para-hydroxylation sites is 1. The van der Waals surface area contributed by atoms with E-state index in [4.69, 9.17) is 0 Å². The van der Waals surface area contributed by atoms with Gasteiger partial charge in [0.05, 0.1) is 22.7 Å². The van der Waals surface area contributed by atoms with Crippen LogP contribution in [0.1, 0.15) is 18.1 Å². The Labute approximate surface area is 162 Å². The van der Waals surface area contributed by atoms with Gasteiger partial charge in [-0.2, -0.15) is 5.26 Å². The van der Waals surface area contributed by atoms with E-state index in [0.29, 0.717) is 16.3 Å². The second-order valence-corrected chi connectivity index (χ2v) is 6.69. The number of hydrogen-bond acceptors (Lipinski definition) is 5. The van der Waals surface area contributed by atoms with Gasteiger partial charge >= 0.3 is 0 Å². The maximum Gasteiger partial charge on any atom is 0.234 e. The largest absolute Gasteiger partial charge is 0.325 e. The fourth-order valence-electron chi connectivity index (χ4n) is 2.56. The molecule has 1 N–H and O–H groups in total. The number of nitrogens with one attached hydrogen (secondary N) is 1. The topological polar surface area (TPSA) is 78.7 Å². The molecule has 1 aromatic carbocycles. The number of rotatable bonds is 6. The third-order valence-electron chi connectivity index (χ3n) is 3.92. The number of hydrogen-bond donors (Lipinski definition) is 1. The van der Waals surface area contributed by atoms with Crippen molar-refractivity contribution in [3.8, 4) is 17.5 Å². The van der Waals surface area contributed by atoms with Crippen LogP contribution >= 0.6 is 11.8 Å². The smallest absolute Gasteiger partial charge is 0.234 e. The molecule has 3 rings (SSSR count). The van der Waals surface area contributed by atoms with Crippen molar-refractivity contribution in [1.29, 1.82) is 5.26 Å². The van der Waals surface area contributed by atoms with Gasteiger partial charge in [-0.25, -0.2) is 4.98 Å². The van der Waals surface area contributed by atoms with Crippen molar-refractivity contribution in [3.05, 3.63) is 71.9 Å². The molecule has 27 heavy (non-hydrogen) atoms. The van der Waals surface area contributed by atoms with Crippen LogP contribution in [0.3, 0.4) is 0 Å². The Morgan fingerprint density at radius 3 is 2.67 bits per heavy atom. The molecule has 0 unspecified atom stereocenters. The summed E-state index contributed by atoms with van der Waals surface area (Å²) in [5, 5.41) is 12.8. The predicted molar refractivity (Wildman–Crippen MR) is 107 cm³/mol. The highest BCUT2D eigenvalue weighted by atomic mass is 32.2. The zero-order valence-corrected chi connectivity index (χ0v) is 15.7. The van der Waals surface area contributed by atoms with Crippen LogP contribution in [0.2, 0.25) is 0 Å². The molecule has 134 valence electrons. The molecule has 0 aliphatic rings. The number of amides is 1. The van der Waals surface area contributed by atoms with E-state index in [0.717, 1.165) is 23.4 Å². The molecule has 6 heteroatoms. The minimum atomic E-state index is -0.130. The molecule has 0 aliphatic carbocycles. The molecule has 0 spiro atoms. The lowest BCUT2D eigenvalue weighted by molar-refractivity contribution is -0.113. The first kappa shape index (κ1) is 18.6. The molecule has 0 aliphatic heterocycles. The molecular weight excluding hydrogens is 356 g/mol. The van der Waals surface area contributed by atoms with Gasteiger partial charge in [0.1, 0.15) is 11.1 Å². The first-order chi connectivity index (χ1) is 13.2. The fourth-order valence-corrected chi connectivity index (χ4v) is 3.34. The molecule has 5 nitrogen and oxygen atoms in total. The molecule has 0 fully saturated rings. The molecule has 0 radical (unpaired) electrons. The standard InChI is InChI=1S/C21H18N4OS/c1-2-15-7-3-4-8-17(15)24-20(26)14-27-21-16(13-22)10-11-19(25-21)18-9-5-6-12-23-18/h3-12H,2,14H2,1H3,(H,24,26). The molecule has 0 atom stereocenters. The van der Waals surface area contributed by atoms with Gasteiger partial charge in [0.2, 0.25) is 5.91 Å². The molecule has 0 saturated heterocycles. The van der Waals surface area contributed by atoms with E-state index in [2.05, 4.69) is 21.4 Å². The van der Waals surface area contributed by atoms with Crippen LogP contribution in [0.15, 0.2) is 65.8 Å². The Morgan fingerprint density at radius 2 is 1.93 bits per heavy atom. The van der Waals surface area contributed by atoms with Crippen molar-refractivity contribution in [3.63, 3.8) is 0 Å². The summed E-state index contributed by atoms with van der Waals surface area (Å²) in [6, 6.07) is 18.9. The summed E-state index contributed by atoms with van der Waals surface area (Å²) in [5.41, 5.74) is 3.76. The van der Waals surface area contributed by atoms with E-state index in [1.54, 1.807) is 18.3 Å². The van der Waals surface area contributed by atoms with Crippen molar-refractivity contribution < 1.29 is 4.79 Å². The number of aromatic nitrogens is 2. The lowest BCUT2D eigenvalue weighted by Gasteiger charge is -2.10. The van der Waals surface area contributed by atoms with Gasteiger partial charge < -0.3 is 5.32 Å². The van der Waals surface area contributed by atoms with Gasteiger partial charge in [-0.05, 0) is 42.3 Å². The first-order valence-corrected chi connectivity index (χ1v) is 9.53. The van der Waals surface area contributed by atoms with Gasteiger partial charge in [0.15, 0.2) is 0 Å². The summed E-state index contributed by atoms with van der Waals surface area (Å²) in [6.45, 7) is 2.05. The number of anilines is 1. The van der Waals surface area contributed by atoms with Gasteiger partial charge in [0, 0.05) is 11.9 Å². The van der Waals surface area contributed by atoms with E-state index in [1.807, 2.05) is 49.4 Å². The number of nitrogens with zero attached hydrogens (tertiary/aromatic N) is 3. The van der Waals surface area contributed by atoms with Crippen LogP contribution in [-0.4, -0.2) is 21.6 Å². The van der Waals surface area contributed by atoms with E-state index in [9.17, 15) is 10.1 Å². The predicted octanol–water partition coefficient (Wildman–Crippen LogP) is 4.31. The number of thioether (sulfide) groups is 1. The summed E-state index contributed by atoms with van der Waals surface area (Å²) in [7, 11) is 0. The number of nitriles is 1. The van der Waals surface area contributed by atoms with Crippen molar-refractivity contribution in [1.82, 2.24) is 9.97 Å². The average Bonchev–Trinajstić information content (AvgIpc) is 2.73. The first-order valence-electron chi connectivity index (χ1n) is 8.54. The molecular formula is C21H18N4OS. The van der Waals surface area contributed by atoms with Gasteiger partial charge in [-0.15, -0.1) is 0 Å². The zero-order valence-electron chi connectivity index (χ0n) is 14.8. The average molecular weight is 374 g/mol. The Hall–Kier alpha value is -3.17. The van der Waals surface area contributed by atoms with Gasteiger partial charge in [-0.1, -0.05) is 43.0 Å². The van der Waals surface area contributed by atoms with Gasteiger partial charge in [0.25, 0.3) is 0 Å². The Morgan fingerprint density at radius 1 is 1.11 bits per heavy atom. The zero-order chi connectivity index (χ0) is 19.1. The minimum Gasteiger partial charge on any atom is -0.325 e. The van der Waals surface area contributed by atoms with Crippen LogP contribution in [0.5, 0.6) is 0 Å². The van der Waals surface area contributed by atoms with Crippen LogP contribution in [0, 0.1) is 11.3 Å². The summed E-state index contributed by atoms with van der Waals surface area (Å²) < 4.78 is 0. The summed E-state index contributed by atoms with van der Waals surface area (Å²) in [4.78, 5) is 21.2. The molecule has 0 bridgehead atoms. The SMILES string of the molecule is CCc1ccccc1NC(=O)CSc1nc(-c2ccccn2)ccc1C#N. The van der Waals surface area contributed by atoms with Crippen LogP contribution < -0.4 is 5.32 Å². The van der Waals surface area contributed by atoms with Crippen molar-refractivity contribution >= 4 is 23.4 Å². The quantitative estimate of drug-likeness (QED) is 0.651. The highest BCUT2D eigenvalue weighted by Gasteiger charge is 2.12. The highest BCUT2D eigenvalue weighted by molar-refractivity contribution is 8.00. The number of benzene rings is 1. The molecule has 3 aromatic rings. The normalized spacial score (nSPS) is 10.2. The number of carbonyl (C=O) groups excluding carboxylic acids is 1. The Bertz CT molecular complexity index is 983. The van der Waals surface area contributed by atoms with Crippen molar-refractivity contribution in [2.45, 2.75) is 18.4 Å². The van der Waals surface area contributed by atoms with E-state index in [1.165, 1.54) is 11.8 Å². The fraction of sp³-hybridized carbons (Fsp3) is 0.143. The monoisotopic (exact) mass is 374 g/mol. The summed E-state index contributed by atoms with van der Waals surface area (Å²) in [5.74, 6) is 0.0422. The number of pyridine rings is 2. The van der Waals surface area contributed by atoms with E-state index in [-0.39, 0.29) is 11.7 Å². The van der Waals surface area contributed by atoms with Crippen LogP contribution in [0.25, 0.3) is 11.4 Å². The Balaban J connectivity index is 1.73. The maximum absolute atomic E-state index is 12.4. The minimum absolute atomic E-state index is 0.130. The van der Waals surface area contributed by atoms with Crippen molar-refractivity contribution in [2.24, 2.45) is 0 Å². The number of aryl methyl sites for hydroxylation is 1. The van der Waals surface area contributed by atoms with E-state index >= 15 is 0 Å². The third kappa shape index (κ3) is 4.72.